The molecule has 0 spiro atoms. The lowest BCUT2D eigenvalue weighted by Gasteiger charge is -2.12. The molecule has 1 fully saturated rings. The quantitative estimate of drug-likeness (QED) is 0.323. The predicted molar refractivity (Wildman–Crippen MR) is 82.7 cm³/mol. The van der Waals surface area contributed by atoms with E-state index in [-0.39, 0.29) is 5.84 Å². The van der Waals surface area contributed by atoms with E-state index < -0.39 is 0 Å². The van der Waals surface area contributed by atoms with E-state index in [0.29, 0.717) is 11.3 Å². The molecule has 1 aromatic rings. The number of hydrogen-bond donors (Lipinski definition) is 3. The molecule has 110 valence electrons. The van der Waals surface area contributed by atoms with E-state index in [1.807, 2.05) is 30.0 Å². The summed E-state index contributed by atoms with van der Waals surface area (Å²) in [6.45, 7) is 1.79. The van der Waals surface area contributed by atoms with Crippen LogP contribution in [0.15, 0.2) is 23.4 Å². The lowest BCUT2D eigenvalue weighted by molar-refractivity contribution is 0.318. The first-order valence-corrected chi connectivity index (χ1v) is 7.76. The highest BCUT2D eigenvalue weighted by molar-refractivity contribution is 8.00. The average Bonchev–Trinajstić information content (AvgIpc) is 2.99. The molecule has 2 rings (SSSR count). The van der Waals surface area contributed by atoms with E-state index >= 15 is 0 Å². The summed E-state index contributed by atoms with van der Waals surface area (Å²) < 4.78 is 5.21. The molecule has 1 heterocycles. The number of hydrogen-bond acceptors (Lipinski definition) is 5. The lowest BCUT2D eigenvalue weighted by Crippen LogP contribution is -2.23. The van der Waals surface area contributed by atoms with Crippen molar-refractivity contribution in [2.75, 3.05) is 19.4 Å². The Morgan fingerprint density at radius 2 is 2.45 bits per heavy atom. The van der Waals surface area contributed by atoms with E-state index in [0.717, 1.165) is 23.9 Å². The van der Waals surface area contributed by atoms with Crippen LogP contribution in [0.1, 0.15) is 24.0 Å². The van der Waals surface area contributed by atoms with Gasteiger partial charge in [0.2, 0.25) is 0 Å². The molecule has 0 radical (unpaired) electrons. The fraction of sp³-hybridized carbons (Fsp3) is 0.500. The molecule has 4 N–H and O–H groups in total. The van der Waals surface area contributed by atoms with Gasteiger partial charge in [0, 0.05) is 18.3 Å². The van der Waals surface area contributed by atoms with E-state index in [1.165, 1.54) is 18.6 Å². The highest BCUT2D eigenvalue weighted by Gasteiger charge is 2.15. The number of nitrogens with two attached hydrogens (primary N) is 1. The van der Waals surface area contributed by atoms with Crippen molar-refractivity contribution in [1.82, 2.24) is 5.32 Å². The summed E-state index contributed by atoms with van der Waals surface area (Å²) in [5.74, 6) is 1.95. The standard InChI is InChI=1S/C14H21N3O2S/c1-19-13-5-4-10(7-12(13)14(15)17-18)8-16-9-11-3-2-6-20-11/h4-5,7,11,16,18H,2-3,6,8-9H2,1H3,(H2,15,17). The molecule has 0 aliphatic carbocycles. The zero-order chi connectivity index (χ0) is 14.4. The van der Waals surface area contributed by atoms with Crippen molar-refractivity contribution >= 4 is 17.6 Å². The fourth-order valence-electron chi connectivity index (χ4n) is 2.30. The zero-order valence-electron chi connectivity index (χ0n) is 11.6. The van der Waals surface area contributed by atoms with Crippen molar-refractivity contribution in [1.29, 1.82) is 0 Å². The van der Waals surface area contributed by atoms with Gasteiger partial charge in [-0.3, -0.25) is 0 Å². The zero-order valence-corrected chi connectivity index (χ0v) is 12.4. The van der Waals surface area contributed by atoms with Crippen LogP contribution in [0, 0.1) is 0 Å². The summed E-state index contributed by atoms with van der Waals surface area (Å²) in [7, 11) is 1.57. The molecule has 0 saturated carbocycles. The molecule has 0 bridgehead atoms. The molecule has 1 aliphatic heterocycles. The van der Waals surface area contributed by atoms with Crippen LogP contribution < -0.4 is 15.8 Å². The van der Waals surface area contributed by atoms with Gasteiger partial charge in [-0.15, -0.1) is 0 Å². The van der Waals surface area contributed by atoms with Crippen LogP contribution in [0.5, 0.6) is 5.75 Å². The number of thioether (sulfide) groups is 1. The Labute approximate surface area is 123 Å². The highest BCUT2D eigenvalue weighted by atomic mass is 32.2. The molecule has 0 amide bonds. The van der Waals surface area contributed by atoms with Gasteiger partial charge in [-0.05, 0) is 36.3 Å². The number of amidine groups is 1. The van der Waals surface area contributed by atoms with Gasteiger partial charge < -0.3 is 21.0 Å². The third-order valence-corrected chi connectivity index (χ3v) is 4.77. The van der Waals surface area contributed by atoms with Gasteiger partial charge in [0.15, 0.2) is 5.84 Å². The SMILES string of the molecule is COc1ccc(CNCC2CCCS2)cc1/C(N)=N/O. The molecule has 1 saturated heterocycles. The molecule has 1 unspecified atom stereocenters. The number of oxime groups is 1. The first-order chi connectivity index (χ1) is 9.74. The molecule has 0 aromatic heterocycles. The van der Waals surface area contributed by atoms with Gasteiger partial charge >= 0.3 is 0 Å². The number of rotatable bonds is 6. The Morgan fingerprint density at radius 3 is 3.10 bits per heavy atom. The van der Waals surface area contributed by atoms with Crippen LogP contribution in [0.25, 0.3) is 0 Å². The summed E-state index contributed by atoms with van der Waals surface area (Å²) in [6.07, 6.45) is 2.63. The molecule has 20 heavy (non-hydrogen) atoms. The Kier molecular flexibility index (Phi) is 5.55. The van der Waals surface area contributed by atoms with Crippen molar-refractivity contribution in [3.05, 3.63) is 29.3 Å². The smallest absolute Gasteiger partial charge is 0.173 e. The first kappa shape index (κ1) is 15.0. The van der Waals surface area contributed by atoms with Crippen LogP contribution in [0.2, 0.25) is 0 Å². The van der Waals surface area contributed by atoms with Gasteiger partial charge in [0.05, 0.1) is 12.7 Å². The van der Waals surface area contributed by atoms with Crippen LogP contribution in [0.4, 0.5) is 0 Å². The second-order valence-electron chi connectivity index (χ2n) is 4.79. The molecule has 6 heteroatoms. The van der Waals surface area contributed by atoms with Crippen LogP contribution in [-0.4, -0.2) is 35.7 Å². The summed E-state index contributed by atoms with van der Waals surface area (Å²) in [5, 5.41) is 16.0. The predicted octanol–water partition coefficient (Wildman–Crippen LogP) is 1.77. The maximum atomic E-state index is 8.81. The Hall–Kier alpha value is -1.40. The number of ether oxygens (including phenoxy) is 1. The Balaban J connectivity index is 1.97. The third kappa shape index (κ3) is 3.80. The minimum Gasteiger partial charge on any atom is -0.496 e. The van der Waals surface area contributed by atoms with Gasteiger partial charge in [0.25, 0.3) is 0 Å². The topological polar surface area (TPSA) is 79.9 Å². The monoisotopic (exact) mass is 295 g/mol. The van der Waals surface area contributed by atoms with Crippen molar-refractivity contribution in [3.8, 4) is 5.75 Å². The number of benzene rings is 1. The van der Waals surface area contributed by atoms with Crippen molar-refractivity contribution < 1.29 is 9.94 Å². The minimum absolute atomic E-state index is 0.0649. The van der Waals surface area contributed by atoms with Crippen LogP contribution in [0.3, 0.4) is 0 Å². The van der Waals surface area contributed by atoms with Crippen LogP contribution in [-0.2, 0) is 6.54 Å². The van der Waals surface area contributed by atoms with Crippen molar-refractivity contribution in [2.45, 2.75) is 24.6 Å². The largest absolute Gasteiger partial charge is 0.496 e. The van der Waals surface area contributed by atoms with E-state index in [1.54, 1.807) is 7.11 Å². The summed E-state index contributed by atoms with van der Waals surface area (Å²) >= 11 is 2.04. The van der Waals surface area contributed by atoms with E-state index in [2.05, 4.69) is 10.5 Å². The summed E-state index contributed by atoms with van der Waals surface area (Å²) in [4.78, 5) is 0. The lowest BCUT2D eigenvalue weighted by atomic mass is 10.1. The van der Waals surface area contributed by atoms with Gasteiger partial charge in [0.1, 0.15) is 5.75 Å². The molecular formula is C14H21N3O2S. The maximum Gasteiger partial charge on any atom is 0.173 e. The molecular weight excluding hydrogens is 274 g/mol. The second-order valence-corrected chi connectivity index (χ2v) is 6.19. The molecule has 1 aromatic carbocycles. The van der Waals surface area contributed by atoms with Gasteiger partial charge in [-0.1, -0.05) is 11.2 Å². The normalized spacial score (nSPS) is 19.2. The number of methoxy groups -OCH3 is 1. The second kappa shape index (κ2) is 7.40. The summed E-state index contributed by atoms with van der Waals surface area (Å²) in [5.41, 5.74) is 7.37. The van der Waals surface area contributed by atoms with Crippen molar-refractivity contribution in [2.24, 2.45) is 10.9 Å². The minimum atomic E-state index is 0.0649. The molecule has 1 aliphatic rings. The average molecular weight is 295 g/mol. The van der Waals surface area contributed by atoms with Gasteiger partial charge in [-0.25, -0.2) is 0 Å². The Bertz CT molecular complexity index is 473. The van der Waals surface area contributed by atoms with Crippen LogP contribution >= 0.6 is 11.8 Å². The first-order valence-electron chi connectivity index (χ1n) is 6.71. The number of nitrogens with one attached hydrogen (secondary N) is 1. The fourth-order valence-corrected chi connectivity index (χ4v) is 3.54. The van der Waals surface area contributed by atoms with Gasteiger partial charge in [-0.2, -0.15) is 11.8 Å². The summed E-state index contributed by atoms with van der Waals surface area (Å²) in [6, 6.07) is 5.72. The van der Waals surface area contributed by atoms with Crippen molar-refractivity contribution in [3.63, 3.8) is 0 Å². The third-order valence-electron chi connectivity index (χ3n) is 3.37. The molecule has 1 atom stereocenters. The number of nitrogens with zero attached hydrogens (tertiary/aromatic N) is 1. The maximum absolute atomic E-state index is 8.81. The van der Waals surface area contributed by atoms with E-state index in [9.17, 15) is 0 Å². The van der Waals surface area contributed by atoms with E-state index in [4.69, 9.17) is 15.7 Å². The highest BCUT2D eigenvalue weighted by Crippen LogP contribution is 2.25. The molecule has 5 nitrogen and oxygen atoms in total. The Morgan fingerprint density at radius 1 is 1.60 bits per heavy atom.